The lowest BCUT2D eigenvalue weighted by molar-refractivity contribution is -0.756. The molecule has 1 aromatic rings. The van der Waals surface area contributed by atoms with E-state index in [1.54, 1.807) is 0 Å². The van der Waals surface area contributed by atoms with Gasteiger partial charge in [0.15, 0.2) is 5.54 Å². The number of hydrogen-bond donors (Lipinski definition) is 0. The summed E-state index contributed by atoms with van der Waals surface area (Å²) in [7, 11) is 0. The minimum atomic E-state index is 0.109. The second-order valence-electron chi connectivity index (χ2n) is 5.32. The fourth-order valence-electron chi connectivity index (χ4n) is 1.91. The Morgan fingerprint density at radius 2 is 1.87 bits per heavy atom. The van der Waals surface area contributed by atoms with Gasteiger partial charge in [0.2, 0.25) is 6.20 Å². The highest BCUT2D eigenvalue weighted by Crippen LogP contribution is 2.19. The lowest BCUT2D eigenvalue weighted by atomic mass is 10.1. The summed E-state index contributed by atoms with van der Waals surface area (Å²) in [5.74, 6) is 1.02. The SMILES string of the molecule is CC(C)(C)[n+]1coc(N2CCCCC2)c1. The summed E-state index contributed by atoms with van der Waals surface area (Å²) >= 11 is 0. The zero-order valence-corrected chi connectivity index (χ0v) is 9.99. The van der Waals surface area contributed by atoms with Crippen molar-refractivity contribution in [1.82, 2.24) is 0 Å². The van der Waals surface area contributed by atoms with Crippen LogP contribution in [0.5, 0.6) is 0 Å². The first-order valence-corrected chi connectivity index (χ1v) is 5.82. The molecule has 2 rings (SSSR count). The molecule has 1 aliphatic rings. The number of aromatic nitrogens is 1. The van der Waals surface area contributed by atoms with E-state index in [2.05, 4.69) is 36.4 Å². The average molecular weight is 209 g/mol. The number of hydrogen-bond acceptors (Lipinski definition) is 2. The van der Waals surface area contributed by atoms with E-state index < -0.39 is 0 Å². The van der Waals surface area contributed by atoms with E-state index in [0.717, 1.165) is 19.0 Å². The highest BCUT2D eigenvalue weighted by Gasteiger charge is 2.26. The monoisotopic (exact) mass is 209 g/mol. The van der Waals surface area contributed by atoms with Crippen molar-refractivity contribution in [3.05, 3.63) is 12.6 Å². The maximum atomic E-state index is 5.62. The quantitative estimate of drug-likeness (QED) is 0.661. The van der Waals surface area contributed by atoms with Gasteiger partial charge in [-0.3, -0.25) is 0 Å². The molecule has 1 aliphatic heterocycles. The normalized spacial score (nSPS) is 18.2. The molecule has 0 amide bonds. The van der Waals surface area contributed by atoms with Crippen molar-refractivity contribution in [2.24, 2.45) is 0 Å². The fourth-order valence-corrected chi connectivity index (χ4v) is 1.91. The molecule has 2 heterocycles. The van der Waals surface area contributed by atoms with E-state index in [1.165, 1.54) is 19.3 Å². The van der Waals surface area contributed by atoms with Gasteiger partial charge < -0.3 is 9.32 Å². The van der Waals surface area contributed by atoms with Crippen molar-refractivity contribution in [3.8, 4) is 0 Å². The Hall–Kier alpha value is -0.990. The van der Waals surface area contributed by atoms with Gasteiger partial charge in [0, 0.05) is 33.9 Å². The van der Waals surface area contributed by atoms with Crippen LogP contribution < -0.4 is 9.47 Å². The molecule has 0 bridgehead atoms. The third-order valence-electron chi connectivity index (χ3n) is 2.98. The van der Waals surface area contributed by atoms with Crippen LogP contribution in [-0.4, -0.2) is 13.1 Å². The first kappa shape index (κ1) is 10.5. The van der Waals surface area contributed by atoms with Gasteiger partial charge in [0.05, 0.1) is 0 Å². The van der Waals surface area contributed by atoms with Gasteiger partial charge in [-0.15, -0.1) is 0 Å². The van der Waals surface area contributed by atoms with Crippen molar-refractivity contribution in [2.45, 2.75) is 45.6 Å². The highest BCUT2D eigenvalue weighted by atomic mass is 16.4. The van der Waals surface area contributed by atoms with E-state index in [4.69, 9.17) is 4.42 Å². The summed E-state index contributed by atoms with van der Waals surface area (Å²) in [5, 5.41) is 0. The second-order valence-corrected chi connectivity index (χ2v) is 5.32. The van der Waals surface area contributed by atoms with Crippen LogP contribution in [0.15, 0.2) is 17.0 Å². The molecule has 15 heavy (non-hydrogen) atoms. The number of piperidine rings is 1. The summed E-state index contributed by atoms with van der Waals surface area (Å²) in [6, 6.07) is 0. The number of nitrogens with zero attached hydrogens (tertiary/aromatic N) is 2. The largest absolute Gasteiger partial charge is 0.387 e. The number of oxazole rings is 1. The predicted octanol–water partition coefficient (Wildman–Crippen LogP) is 2.31. The van der Waals surface area contributed by atoms with Crippen LogP contribution in [0.1, 0.15) is 40.0 Å². The molecule has 0 atom stereocenters. The standard InChI is InChI=1S/C12H21N2O/c1-12(2,3)14-9-11(15-10-14)13-7-5-4-6-8-13/h9-10H,4-8H2,1-3H3/q+1. The molecule has 0 aliphatic carbocycles. The predicted molar refractivity (Wildman–Crippen MR) is 60.0 cm³/mol. The van der Waals surface area contributed by atoms with E-state index >= 15 is 0 Å². The van der Waals surface area contributed by atoms with Gasteiger partial charge in [0.1, 0.15) is 0 Å². The van der Waals surface area contributed by atoms with Crippen molar-refractivity contribution in [1.29, 1.82) is 0 Å². The molecule has 84 valence electrons. The Labute approximate surface area is 91.7 Å². The molecule has 0 spiro atoms. The molecule has 0 radical (unpaired) electrons. The second kappa shape index (κ2) is 3.87. The zero-order valence-electron chi connectivity index (χ0n) is 9.99. The molecule has 3 nitrogen and oxygen atoms in total. The van der Waals surface area contributed by atoms with E-state index in [-0.39, 0.29) is 5.54 Å². The van der Waals surface area contributed by atoms with Gasteiger partial charge in [-0.05, 0) is 19.3 Å². The van der Waals surface area contributed by atoms with Crippen LogP contribution in [0.2, 0.25) is 0 Å². The van der Waals surface area contributed by atoms with Crippen LogP contribution in [0.4, 0.5) is 5.88 Å². The Bertz CT molecular complexity index is 319. The zero-order chi connectivity index (χ0) is 10.9. The van der Waals surface area contributed by atoms with Crippen LogP contribution in [0, 0.1) is 0 Å². The Balaban J connectivity index is 2.12. The van der Waals surface area contributed by atoms with E-state index in [9.17, 15) is 0 Å². The van der Waals surface area contributed by atoms with E-state index in [1.807, 2.05) is 6.39 Å². The van der Waals surface area contributed by atoms with Gasteiger partial charge in [-0.1, -0.05) is 0 Å². The lowest BCUT2D eigenvalue weighted by Gasteiger charge is -2.24. The average Bonchev–Trinajstić information content (AvgIpc) is 2.67. The molecule has 3 heteroatoms. The highest BCUT2D eigenvalue weighted by molar-refractivity contribution is 5.30. The molecular weight excluding hydrogens is 188 g/mol. The first-order valence-electron chi connectivity index (χ1n) is 5.82. The Morgan fingerprint density at radius 3 is 2.40 bits per heavy atom. The minimum Gasteiger partial charge on any atom is -0.387 e. The van der Waals surface area contributed by atoms with Crippen molar-refractivity contribution in [3.63, 3.8) is 0 Å². The maximum Gasteiger partial charge on any atom is 0.336 e. The molecule has 0 saturated carbocycles. The van der Waals surface area contributed by atoms with Crippen LogP contribution in [0.3, 0.4) is 0 Å². The molecule has 1 aromatic heterocycles. The minimum absolute atomic E-state index is 0.109. The van der Waals surface area contributed by atoms with Gasteiger partial charge in [0.25, 0.3) is 5.88 Å². The third kappa shape index (κ3) is 2.33. The van der Waals surface area contributed by atoms with Gasteiger partial charge in [-0.2, -0.15) is 4.57 Å². The van der Waals surface area contributed by atoms with Gasteiger partial charge in [-0.25, -0.2) is 0 Å². The molecule has 0 aromatic carbocycles. The first-order chi connectivity index (χ1) is 7.07. The summed E-state index contributed by atoms with van der Waals surface area (Å²) in [5.41, 5.74) is 0.109. The molecule has 1 fully saturated rings. The topological polar surface area (TPSA) is 20.3 Å². The van der Waals surface area contributed by atoms with E-state index in [0.29, 0.717) is 0 Å². The summed E-state index contributed by atoms with van der Waals surface area (Å²) < 4.78 is 7.76. The smallest absolute Gasteiger partial charge is 0.336 e. The van der Waals surface area contributed by atoms with Crippen molar-refractivity contribution in [2.75, 3.05) is 18.0 Å². The maximum absolute atomic E-state index is 5.62. The molecular formula is C12H21N2O+. The fraction of sp³-hybridized carbons (Fsp3) is 0.750. The Morgan fingerprint density at radius 1 is 1.20 bits per heavy atom. The summed E-state index contributed by atoms with van der Waals surface area (Å²) in [6.45, 7) is 8.82. The van der Waals surface area contributed by atoms with Crippen LogP contribution >= 0.6 is 0 Å². The lowest BCUT2D eigenvalue weighted by Crippen LogP contribution is -2.48. The summed E-state index contributed by atoms with van der Waals surface area (Å²) in [4.78, 5) is 2.34. The van der Waals surface area contributed by atoms with Crippen molar-refractivity contribution < 1.29 is 8.98 Å². The summed E-state index contributed by atoms with van der Waals surface area (Å²) in [6.07, 6.45) is 7.87. The molecule has 1 saturated heterocycles. The van der Waals surface area contributed by atoms with Gasteiger partial charge >= 0.3 is 6.39 Å². The van der Waals surface area contributed by atoms with Crippen LogP contribution in [0.25, 0.3) is 0 Å². The Kier molecular flexibility index (Phi) is 2.72. The van der Waals surface area contributed by atoms with Crippen LogP contribution in [-0.2, 0) is 5.54 Å². The molecule has 0 unspecified atom stereocenters. The van der Waals surface area contributed by atoms with Crippen molar-refractivity contribution >= 4 is 5.88 Å². The number of anilines is 1. The number of rotatable bonds is 1. The third-order valence-corrected chi connectivity index (χ3v) is 2.98. The molecule has 0 N–H and O–H groups in total.